The van der Waals surface area contributed by atoms with Gasteiger partial charge in [0.2, 0.25) is 0 Å². The van der Waals surface area contributed by atoms with E-state index in [2.05, 4.69) is 15.6 Å². The number of hydrogen-bond donors (Lipinski definition) is 2. The predicted octanol–water partition coefficient (Wildman–Crippen LogP) is 2.29. The number of rotatable bonds is 5. The molecule has 7 nitrogen and oxygen atoms in total. The molecule has 2 heterocycles. The van der Waals surface area contributed by atoms with Gasteiger partial charge in [-0.05, 0) is 18.2 Å². The molecule has 2 aromatic rings. The maximum atomic E-state index is 12.3. The van der Waals surface area contributed by atoms with E-state index in [-0.39, 0.29) is 18.4 Å². The molecule has 1 aliphatic rings. The number of guanidine groups is 1. The van der Waals surface area contributed by atoms with Crippen molar-refractivity contribution in [3.05, 3.63) is 57.3 Å². The molecule has 0 atom stereocenters. The first-order valence-electron chi connectivity index (χ1n) is 8.33. The van der Waals surface area contributed by atoms with Crippen molar-refractivity contribution in [1.29, 1.82) is 0 Å². The van der Waals surface area contributed by atoms with Crippen LogP contribution < -0.4 is 10.6 Å². The average Bonchev–Trinajstić information content (AvgIpc) is 3.07. The van der Waals surface area contributed by atoms with Crippen LogP contribution in [-0.4, -0.2) is 47.4 Å². The second kappa shape index (κ2) is 8.02. The van der Waals surface area contributed by atoms with Crippen molar-refractivity contribution in [3.8, 4) is 0 Å². The molecule has 2 N–H and O–H groups in total. The minimum absolute atomic E-state index is 0.245. The minimum Gasteiger partial charge on any atom is -0.355 e. The summed E-state index contributed by atoms with van der Waals surface area (Å²) >= 11 is 12.1. The van der Waals surface area contributed by atoms with Crippen LogP contribution in [0.1, 0.15) is 26.4 Å². The summed E-state index contributed by atoms with van der Waals surface area (Å²) in [6, 6.07) is 8.61. The van der Waals surface area contributed by atoms with Gasteiger partial charge in [-0.25, -0.2) is 0 Å². The lowest BCUT2D eigenvalue weighted by molar-refractivity contribution is 0.0657. The van der Waals surface area contributed by atoms with Crippen molar-refractivity contribution in [2.24, 2.45) is 12.0 Å². The maximum absolute atomic E-state index is 12.3. The molecule has 9 heteroatoms. The summed E-state index contributed by atoms with van der Waals surface area (Å²) in [5.41, 5.74) is 1.79. The molecule has 27 heavy (non-hydrogen) atoms. The van der Waals surface area contributed by atoms with Crippen LogP contribution in [0.25, 0.3) is 0 Å². The summed E-state index contributed by atoms with van der Waals surface area (Å²) in [4.78, 5) is 30.0. The van der Waals surface area contributed by atoms with Gasteiger partial charge in [0.15, 0.2) is 5.96 Å². The van der Waals surface area contributed by atoms with E-state index in [1.54, 1.807) is 41.9 Å². The molecule has 1 aromatic carbocycles. The molecule has 0 spiro atoms. The second-order valence-corrected chi connectivity index (χ2v) is 6.76. The van der Waals surface area contributed by atoms with Crippen LogP contribution in [0.2, 0.25) is 10.2 Å². The number of nitrogens with one attached hydrogen (secondary N) is 2. The van der Waals surface area contributed by atoms with Crippen LogP contribution >= 0.6 is 23.2 Å². The zero-order valence-corrected chi connectivity index (χ0v) is 16.4. The van der Waals surface area contributed by atoms with Crippen molar-refractivity contribution >= 4 is 41.0 Å². The van der Waals surface area contributed by atoms with Crippen molar-refractivity contribution in [3.63, 3.8) is 0 Å². The Kier molecular flexibility index (Phi) is 5.72. The van der Waals surface area contributed by atoms with E-state index < -0.39 is 0 Å². The fraction of sp³-hybridized carbons (Fsp3) is 0.278. The molecule has 0 saturated carbocycles. The predicted molar refractivity (Wildman–Crippen MR) is 105 cm³/mol. The van der Waals surface area contributed by atoms with Gasteiger partial charge < -0.3 is 15.2 Å². The first-order chi connectivity index (χ1) is 12.9. The van der Waals surface area contributed by atoms with E-state index in [1.807, 2.05) is 7.05 Å². The Morgan fingerprint density at radius 1 is 1.11 bits per heavy atom. The number of imide groups is 1. The Hall–Kier alpha value is -2.51. The molecule has 1 aromatic heterocycles. The molecule has 3 rings (SSSR count). The Bertz CT molecular complexity index is 887. The lowest BCUT2D eigenvalue weighted by Crippen LogP contribution is -2.42. The van der Waals surface area contributed by atoms with Gasteiger partial charge in [0.05, 0.1) is 22.7 Å². The Morgan fingerprint density at radius 3 is 2.26 bits per heavy atom. The van der Waals surface area contributed by atoms with Gasteiger partial charge in [0.25, 0.3) is 11.8 Å². The molecule has 142 valence electrons. The summed E-state index contributed by atoms with van der Waals surface area (Å²) in [6.45, 7) is 1.09. The number of halogens is 2. The zero-order valence-electron chi connectivity index (χ0n) is 14.9. The number of carbonyl (C=O) groups is 2. The van der Waals surface area contributed by atoms with E-state index >= 15 is 0 Å². The topological polar surface area (TPSA) is 78.7 Å². The van der Waals surface area contributed by atoms with Crippen LogP contribution in [0.4, 0.5) is 0 Å². The minimum atomic E-state index is -0.270. The van der Waals surface area contributed by atoms with Crippen LogP contribution in [0, 0.1) is 0 Å². The molecule has 0 fully saturated rings. The normalized spacial score (nSPS) is 13.9. The third-order valence-electron chi connectivity index (χ3n) is 4.38. The molecule has 0 radical (unpaired) electrons. The molecule has 0 aliphatic carbocycles. The molecular formula is C18H19Cl2N5O2. The first kappa shape index (κ1) is 19.3. The molecule has 2 amide bonds. The standard InChI is InChI=1S/C18H19Cl2N5O2/c1-21-18(23-10-11-9-14(19)15(20)24(11)2)22-7-8-25-16(26)12-5-3-4-6-13(12)17(25)27/h3-6,9H,7-8,10H2,1-2H3,(H2,21,22,23). The number of amides is 2. The fourth-order valence-electron chi connectivity index (χ4n) is 2.88. The van der Waals surface area contributed by atoms with Crippen molar-refractivity contribution < 1.29 is 9.59 Å². The molecule has 0 saturated heterocycles. The Balaban J connectivity index is 1.53. The van der Waals surface area contributed by atoms with E-state index in [1.165, 1.54) is 4.90 Å². The first-order valence-corrected chi connectivity index (χ1v) is 9.09. The van der Waals surface area contributed by atoms with Gasteiger partial charge in [0, 0.05) is 32.9 Å². The van der Waals surface area contributed by atoms with Crippen LogP contribution in [-0.2, 0) is 13.6 Å². The van der Waals surface area contributed by atoms with Gasteiger partial charge >= 0.3 is 0 Å². The van der Waals surface area contributed by atoms with Crippen molar-refractivity contribution in [2.75, 3.05) is 20.1 Å². The maximum Gasteiger partial charge on any atom is 0.261 e. The number of carbonyl (C=O) groups excluding carboxylic acids is 2. The molecule has 1 aliphatic heterocycles. The van der Waals surface area contributed by atoms with Gasteiger partial charge in [0.1, 0.15) is 5.15 Å². The smallest absolute Gasteiger partial charge is 0.261 e. The SMILES string of the molecule is CN=C(NCCN1C(=O)c2ccccc2C1=O)NCc1cc(Cl)c(Cl)n1C. The summed E-state index contributed by atoms with van der Waals surface area (Å²) in [6.07, 6.45) is 0. The monoisotopic (exact) mass is 407 g/mol. The highest BCUT2D eigenvalue weighted by Gasteiger charge is 2.34. The van der Waals surface area contributed by atoms with Gasteiger partial charge in [-0.2, -0.15) is 0 Å². The largest absolute Gasteiger partial charge is 0.355 e. The molecule has 0 unspecified atom stereocenters. The van der Waals surface area contributed by atoms with Crippen molar-refractivity contribution in [2.45, 2.75) is 6.54 Å². The van der Waals surface area contributed by atoms with Gasteiger partial charge in [-0.15, -0.1) is 0 Å². The van der Waals surface area contributed by atoms with E-state index in [4.69, 9.17) is 23.2 Å². The second-order valence-electron chi connectivity index (χ2n) is 5.99. The van der Waals surface area contributed by atoms with Gasteiger partial charge in [-0.3, -0.25) is 19.5 Å². The molecular weight excluding hydrogens is 389 g/mol. The highest BCUT2D eigenvalue weighted by molar-refractivity contribution is 6.41. The highest BCUT2D eigenvalue weighted by Crippen LogP contribution is 2.25. The quantitative estimate of drug-likeness (QED) is 0.452. The van der Waals surface area contributed by atoms with Crippen LogP contribution in [0.3, 0.4) is 0 Å². The number of fused-ring (bicyclic) bond motifs is 1. The van der Waals surface area contributed by atoms with Crippen LogP contribution in [0.15, 0.2) is 35.3 Å². The number of hydrogen-bond acceptors (Lipinski definition) is 3. The highest BCUT2D eigenvalue weighted by atomic mass is 35.5. The van der Waals surface area contributed by atoms with Crippen molar-refractivity contribution in [1.82, 2.24) is 20.1 Å². The number of nitrogens with zero attached hydrogens (tertiary/aromatic N) is 3. The van der Waals surface area contributed by atoms with Gasteiger partial charge in [-0.1, -0.05) is 35.3 Å². The number of benzene rings is 1. The summed E-state index contributed by atoms with van der Waals surface area (Å²) < 4.78 is 1.78. The Morgan fingerprint density at radius 2 is 1.74 bits per heavy atom. The Labute approximate surface area is 167 Å². The summed E-state index contributed by atoms with van der Waals surface area (Å²) in [5, 5.41) is 7.20. The molecule has 0 bridgehead atoms. The zero-order chi connectivity index (χ0) is 19.6. The number of aliphatic imine (C=N–C) groups is 1. The summed E-state index contributed by atoms with van der Waals surface area (Å²) in [5.74, 6) is 0.00179. The lowest BCUT2D eigenvalue weighted by atomic mass is 10.1. The number of aromatic nitrogens is 1. The third kappa shape index (κ3) is 3.79. The lowest BCUT2D eigenvalue weighted by Gasteiger charge is -2.16. The van der Waals surface area contributed by atoms with E-state index in [0.29, 0.717) is 40.4 Å². The third-order valence-corrected chi connectivity index (χ3v) is 5.22. The summed E-state index contributed by atoms with van der Waals surface area (Å²) in [7, 11) is 3.46. The van der Waals surface area contributed by atoms with E-state index in [0.717, 1.165) is 5.69 Å². The fourth-order valence-corrected chi connectivity index (χ4v) is 3.30. The average molecular weight is 408 g/mol. The van der Waals surface area contributed by atoms with E-state index in [9.17, 15) is 9.59 Å². The van der Waals surface area contributed by atoms with Crippen LogP contribution in [0.5, 0.6) is 0 Å².